The highest BCUT2D eigenvalue weighted by molar-refractivity contribution is 5.96. The molecule has 34 heavy (non-hydrogen) atoms. The summed E-state index contributed by atoms with van der Waals surface area (Å²) in [5.41, 5.74) is -1.42. The number of carbonyl (C=O) groups is 3. The number of rotatable bonds is 4. The summed E-state index contributed by atoms with van der Waals surface area (Å²) in [6.07, 6.45) is 4.01. The molecule has 4 fully saturated rings. The number of benzene rings is 1. The van der Waals surface area contributed by atoms with Gasteiger partial charge in [0.1, 0.15) is 5.75 Å². The third-order valence-electron chi connectivity index (χ3n) is 9.68. The molecule has 2 bridgehead atoms. The fraction of sp³-hybridized carbons (Fsp3) is 0.667. The third kappa shape index (κ3) is 3.11. The molecule has 0 N–H and O–H groups in total. The molecule has 0 aromatic heterocycles. The largest absolute Gasteiger partial charge is 0.494 e. The van der Waals surface area contributed by atoms with Crippen molar-refractivity contribution in [3.05, 3.63) is 29.8 Å². The lowest BCUT2D eigenvalue weighted by Crippen LogP contribution is -2.55. The summed E-state index contributed by atoms with van der Waals surface area (Å²) in [6.45, 7) is 11.3. The predicted molar refractivity (Wildman–Crippen MR) is 126 cm³/mol. The van der Waals surface area contributed by atoms with Crippen LogP contribution in [-0.4, -0.2) is 66.0 Å². The number of hydrogen-bond acceptors (Lipinski definition) is 5. The van der Waals surface area contributed by atoms with Crippen LogP contribution in [0.1, 0.15) is 70.2 Å². The van der Waals surface area contributed by atoms with E-state index in [1.165, 1.54) is 0 Å². The van der Waals surface area contributed by atoms with E-state index in [1.54, 1.807) is 0 Å². The zero-order valence-electron chi connectivity index (χ0n) is 20.8. The molecule has 1 aliphatic carbocycles. The van der Waals surface area contributed by atoms with Crippen LogP contribution in [0.5, 0.6) is 5.75 Å². The molecule has 2 atom stereocenters. The second-order valence-electron chi connectivity index (χ2n) is 11.4. The van der Waals surface area contributed by atoms with Crippen molar-refractivity contribution in [2.45, 2.75) is 65.4 Å². The first-order valence-corrected chi connectivity index (χ1v) is 12.6. The minimum Gasteiger partial charge on any atom is -0.494 e. The Bertz CT molecular complexity index is 1010. The Morgan fingerprint density at radius 1 is 0.941 bits per heavy atom. The molecule has 1 aromatic rings. The number of likely N-dealkylation sites (tertiary alicyclic amines) is 2. The molecular formula is C27H36N2O5. The Morgan fingerprint density at radius 2 is 1.56 bits per heavy atom. The van der Waals surface area contributed by atoms with Crippen molar-refractivity contribution in [3.63, 3.8) is 0 Å². The second-order valence-corrected chi connectivity index (χ2v) is 11.4. The van der Waals surface area contributed by atoms with Gasteiger partial charge in [0.05, 0.1) is 12.0 Å². The van der Waals surface area contributed by atoms with Gasteiger partial charge < -0.3 is 19.3 Å². The van der Waals surface area contributed by atoms with Crippen LogP contribution in [0.4, 0.5) is 0 Å². The molecule has 3 aliphatic heterocycles. The average Bonchev–Trinajstić information content (AvgIpc) is 3.37. The summed E-state index contributed by atoms with van der Waals surface area (Å²) in [4.78, 5) is 43.3. The van der Waals surface area contributed by atoms with Crippen LogP contribution in [0.15, 0.2) is 24.3 Å². The molecule has 5 rings (SSSR count). The number of hydrogen-bond donors (Lipinski definition) is 0. The summed E-state index contributed by atoms with van der Waals surface area (Å²) in [6, 6.07) is 7.33. The Balaban J connectivity index is 1.22. The number of ether oxygens (including phenoxy) is 2. The van der Waals surface area contributed by atoms with Crippen LogP contribution in [0, 0.1) is 16.2 Å². The summed E-state index contributed by atoms with van der Waals surface area (Å²) in [7, 11) is 0. The first kappa shape index (κ1) is 23.2. The van der Waals surface area contributed by atoms with E-state index in [9.17, 15) is 14.4 Å². The van der Waals surface area contributed by atoms with E-state index >= 15 is 0 Å². The fourth-order valence-corrected chi connectivity index (χ4v) is 6.72. The SMILES string of the molecule is CCOc1ccc(C(=O)N2CCC3(CC2)CCN(C(=O)[C@@]24CC[C@@](C)(C(=O)O2)C4(C)C)C3)cc1. The highest BCUT2D eigenvalue weighted by Crippen LogP contribution is 2.66. The molecule has 4 aliphatic rings. The van der Waals surface area contributed by atoms with Gasteiger partial charge in [0, 0.05) is 37.2 Å². The molecule has 7 heteroatoms. The molecule has 1 saturated carbocycles. The van der Waals surface area contributed by atoms with Crippen molar-refractivity contribution in [2.24, 2.45) is 16.2 Å². The lowest BCUT2D eigenvalue weighted by Gasteiger charge is -2.41. The molecular weight excluding hydrogens is 432 g/mol. The molecule has 7 nitrogen and oxygen atoms in total. The average molecular weight is 469 g/mol. The van der Waals surface area contributed by atoms with Gasteiger partial charge in [0.25, 0.3) is 11.8 Å². The van der Waals surface area contributed by atoms with Gasteiger partial charge in [-0.25, -0.2) is 0 Å². The summed E-state index contributed by atoms with van der Waals surface area (Å²) < 4.78 is 11.3. The Kier molecular flexibility index (Phi) is 5.26. The maximum atomic E-state index is 13.8. The zero-order valence-corrected chi connectivity index (χ0v) is 20.8. The first-order valence-electron chi connectivity index (χ1n) is 12.6. The Hall–Kier alpha value is -2.57. The molecule has 1 spiro atoms. The van der Waals surface area contributed by atoms with Crippen molar-refractivity contribution in [1.82, 2.24) is 9.80 Å². The van der Waals surface area contributed by atoms with Gasteiger partial charge in [-0.05, 0) is 75.6 Å². The van der Waals surface area contributed by atoms with E-state index in [-0.39, 0.29) is 23.2 Å². The van der Waals surface area contributed by atoms with E-state index < -0.39 is 16.4 Å². The van der Waals surface area contributed by atoms with Gasteiger partial charge in [0.15, 0.2) is 5.60 Å². The highest BCUT2D eigenvalue weighted by atomic mass is 16.6. The molecule has 2 amide bonds. The minimum atomic E-state index is -1.03. The number of amides is 2. The number of nitrogens with zero attached hydrogens (tertiary/aromatic N) is 2. The van der Waals surface area contributed by atoms with Crippen LogP contribution >= 0.6 is 0 Å². The van der Waals surface area contributed by atoms with Crippen LogP contribution in [-0.2, 0) is 14.3 Å². The van der Waals surface area contributed by atoms with E-state index in [2.05, 4.69) is 0 Å². The van der Waals surface area contributed by atoms with Gasteiger partial charge in [-0.1, -0.05) is 13.8 Å². The predicted octanol–water partition coefficient (Wildman–Crippen LogP) is 3.66. The summed E-state index contributed by atoms with van der Waals surface area (Å²) >= 11 is 0. The number of fused-ring (bicyclic) bond motifs is 2. The molecule has 3 saturated heterocycles. The Labute approximate surface area is 201 Å². The summed E-state index contributed by atoms with van der Waals surface area (Å²) in [5, 5.41) is 0. The smallest absolute Gasteiger partial charge is 0.313 e. The molecule has 184 valence electrons. The topological polar surface area (TPSA) is 76.2 Å². The molecule has 3 heterocycles. The van der Waals surface area contributed by atoms with Crippen molar-refractivity contribution >= 4 is 17.8 Å². The molecule has 1 aromatic carbocycles. The number of esters is 1. The third-order valence-corrected chi connectivity index (χ3v) is 9.68. The van der Waals surface area contributed by atoms with Gasteiger partial charge in [-0.15, -0.1) is 0 Å². The van der Waals surface area contributed by atoms with Gasteiger partial charge in [-0.2, -0.15) is 0 Å². The minimum absolute atomic E-state index is 0.0168. The van der Waals surface area contributed by atoms with Crippen molar-refractivity contribution < 1.29 is 23.9 Å². The summed E-state index contributed by atoms with van der Waals surface area (Å²) in [5.74, 6) is 0.571. The van der Waals surface area contributed by atoms with Crippen molar-refractivity contribution in [3.8, 4) is 5.75 Å². The second kappa shape index (κ2) is 7.72. The highest BCUT2D eigenvalue weighted by Gasteiger charge is 2.76. The van der Waals surface area contributed by atoms with Crippen LogP contribution in [0.3, 0.4) is 0 Å². The standard InChI is InChI=1S/C27H36N2O5/c1-5-33-20-8-6-19(7-9-20)21(30)28-15-12-26(13-16-28)14-17-29(18-26)22(31)27-11-10-25(4,23(32)34-27)24(27,2)3/h6-9H,5,10-18H2,1-4H3/t25-,27+/m0/s1. The number of piperidine rings is 1. The monoisotopic (exact) mass is 468 g/mol. The van der Waals surface area contributed by atoms with E-state index in [0.717, 1.165) is 25.0 Å². The van der Waals surface area contributed by atoms with Gasteiger partial charge in [-0.3, -0.25) is 14.4 Å². The van der Waals surface area contributed by atoms with Crippen molar-refractivity contribution in [2.75, 3.05) is 32.8 Å². The van der Waals surface area contributed by atoms with E-state index in [1.807, 2.05) is 61.8 Å². The normalized spacial score (nSPS) is 31.1. The van der Waals surface area contributed by atoms with Crippen LogP contribution < -0.4 is 4.74 Å². The zero-order chi connectivity index (χ0) is 24.4. The van der Waals surface area contributed by atoms with E-state index in [0.29, 0.717) is 51.2 Å². The maximum Gasteiger partial charge on any atom is 0.313 e. The lowest BCUT2D eigenvalue weighted by molar-refractivity contribution is -0.173. The number of carbonyl (C=O) groups excluding carboxylic acids is 3. The quantitative estimate of drug-likeness (QED) is 0.631. The lowest BCUT2D eigenvalue weighted by atomic mass is 9.66. The molecule has 0 unspecified atom stereocenters. The van der Waals surface area contributed by atoms with Crippen LogP contribution in [0.25, 0.3) is 0 Å². The van der Waals surface area contributed by atoms with Gasteiger partial charge >= 0.3 is 5.97 Å². The first-order chi connectivity index (χ1) is 16.1. The van der Waals surface area contributed by atoms with E-state index in [4.69, 9.17) is 9.47 Å². The fourth-order valence-electron chi connectivity index (χ4n) is 6.72. The molecule has 0 radical (unpaired) electrons. The Morgan fingerprint density at radius 3 is 2.09 bits per heavy atom. The van der Waals surface area contributed by atoms with Crippen molar-refractivity contribution in [1.29, 1.82) is 0 Å². The van der Waals surface area contributed by atoms with Gasteiger partial charge in [0.2, 0.25) is 0 Å². The maximum absolute atomic E-state index is 13.8. The van der Waals surface area contributed by atoms with Crippen LogP contribution in [0.2, 0.25) is 0 Å².